The van der Waals surface area contributed by atoms with Gasteiger partial charge in [0.05, 0.1) is 23.8 Å². The Labute approximate surface area is 166 Å². The third kappa shape index (κ3) is 3.27. The van der Waals surface area contributed by atoms with E-state index in [0.717, 1.165) is 16.5 Å². The van der Waals surface area contributed by atoms with Crippen LogP contribution >= 0.6 is 0 Å². The standard InChI is InChI=1S/C22H19N5O2/c28-21(17-12-24-26(14-17)13-15-4-2-1-3-5-15)25-18-7-6-16-10-20-22(29)23-8-9-27(20)19(16)11-18/h1-7,10-12,14H,8-9,13H2,(H,23,29)(H,25,28). The van der Waals surface area contributed by atoms with E-state index < -0.39 is 0 Å². The van der Waals surface area contributed by atoms with Gasteiger partial charge in [-0.2, -0.15) is 5.10 Å². The fraction of sp³-hybridized carbons (Fsp3) is 0.136. The summed E-state index contributed by atoms with van der Waals surface area (Å²) in [6, 6.07) is 17.5. The molecule has 0 atom stereocenters. The minimum absolute atomic E-state index is 0.0659. The number of anilines is 1. The first-order chi connectivity index (χ1) is 14.2. The van der Waals surface area contributed by atoms with E-state index in [4.69, 9.17) is 0 Å². The van der Waals surface area contributed by atoms with Crippen LogP contribution in [0.2, 0.25) is 0 Å². The van der Waals surface area contributed by atoms with E-state index in [1.54, 1.807) is 17.1 Å². The highest BCUT2D eigenvalue weighted by Crippen LogP contribution is 2.25. The molecule has 1 aliphatic rings. The summed E-state index contributed by atoms with van der Waals surface area (Å²) in [5.74, 6) is -0.282. The third-order valence-corrected chi connectivity index (χ3v) is 5.10. The molecule has 2 N–H and O–H groups in total. The Bertz CT molecular complexity index is 1220. The maximum absolute atomic E-state index is 12.7. The van der Waals surface area contributed by atoms with Crippen molar-refractivity contribution in [1.82, 2.24) is 19.7 Å². The van der Waals surface area contributed by atoms with Gasteiger partial charge in [-0.25, -0.2) is 0 Å². The van der Waals surface area contributed by atoms with E-state index in [1.165, 1.54) is 0 Å². The number of amides is 2. The number of hydrogen-bond donors (Lipinski definition) is 2. The van der Waals surface area contributed by atoms with Crippen LogP contribution in [0.25, 0.3) is 10.9 Å². The van der Waals surface area contributed by atoms with Crippen LogP contribution in [-0.4, -0.2) is 32.7 Å². The Morgan fingerprint density at radius 3 is 2.86 bits per heavy atom. The SMILES string of the molecule is O=C(Nc1ccc2cc3n(c2c1)CCNC3=O)c1cnn(Cc2ccccc2)c1. The average molecular weight is 385 g/mol. The summed E-state index contributed by atoms with van der Waals surface area (Å²) in [6.45, 7) is 1.93. The lowest BCUT2D eigenvalue weighted by Gasteiger charge is -2.16. The highest BCUT2D eigenvalue weighted by molar-refractivity contribution is 6.05. The van der Waals surface area contributed by atoms with Crippen molar-refractivity contribution >= 4 is 28.4 Å². The van der Waals surface area contributed by atoms with E-state index in [-0.39, 0.29) is 11.8 Å². The fourth-order valence-electron chi connectivity index (χ4n) is 3.67. The summed E-state index contributed by atoms with van der Waals surface area (Å²) >= 11 is 0. The predicted molar refractivity (Wildman–Crippen MR) is 110 cm³/mol. The Balaban J connectivity index is 1.35. The number of rotatable bonds is 4. The van der Waals surface area contributed by atoms with E-state index in [9.17, 15) is 9.59 Å². The monoisotopic (exact) mass is 385 g/mol. The largest absolute Gasteiger partial charge is 0.349 e. The van der Waals surface area contributed by atoms with Gasteiger partial charge in [0.2, 0.25) is 0 Å². The molecule has 0 bridgehead atoms. The molecular weight excluding hydrogens is 366 g/mol. The number of aromatic nitrogens is 3. The number of fused-ring (bicyclic) bond motifs is 3. The third-order valence-electron chi connectivity index (χ3n) is 5.10. The van der Waals surface area contributed by atoms with Gasteiger partial charge in [-0.05, 0) is 23.8 Å². The number of carbonyl (C=O) groups is 2. The minimum atomic E-state index is -0.216. The molecule has 0 aliphatic carbocycles. The maximum Gasteiger partial charge on any atom is 0.268 e. The van der Waals surface area contributed by atoms with Crippen LogP contribution in [-0.2, 0) is 13.1 Å². The molecule has 0 unspecified atom stereocenters. The number of benzene rings is 2. The van der Waals surface area contributed by atoms with Crippen molar-refractivity contribution in [3.8, 4) is 0 Å². The van der Waals surface area contributed by atoms with Gasteiger partial charge in [-0.3, -0.25) is 14.3 Å². The smallest absolute Gasteiger partial charge is 0.268 e. The van der Waals surface area contributed by atoms with Crippen LogP contribution < -0.4 is 10.6 Å². The van der Waals surface area contributed by atoms with Gasteiger partial charge in [0.15, 0.2) is 0 Å². The Morgan fingerprint density at radius 1 is 1.14 bits per heavy atom. The summed E-state index contributed by atoms with van der Waals surface area (Å²) in [7, 11) is 0. The zero-order valence-corrected chi connectivity index (χ0v) is 15.6. The van der Waals surface area contributed by atoms with Crippen molar-refractivity contribution in [3.05, 3.63) is 83.8 Å². The van der Waals surface area contributed by atoms with Crippen molar-refractivity contribution in [1.29, 1.82) is 0 Å². The molecule has 3 heterocycles. The summed E-state index contributed by atoms with van der Waals surface area (Å²) in [6.07, 6.45) is 3.31. The molecule has 0 saturated heterocycles. The van der Waals surface area contributed by atoms with Crippen molar-refractivity contribution in [2.45, 2.75) is 13.1 Å². The number of nitrogens with zero attached hydrogens (tertiary/aromatic N) is 3. The molecular formula is C22H19N5O2. The Hall–Kier alpha value is -3.87. The van der Waals surface area contributed by atoms with Gasteiger partial charge in [-0.15, -0.1) is 0 Å². The van der Waals surface area contributed by atoms with Gasteiger partial charge in [0.25, 0.3) is 11.8 Å². The predicted octanol–water partition coefficient (Wildman–Crippen LogP) is 2.88. The molecule has 4 aromatic rings. The molecule has 0 fully saturated rings. The Morgan fingerprint density at radius 2 is 2.00 bits per heavy atom. The van der Waals surface area contributed by atoms with Crippen LogP contribution in [0.4, 0.5) is 5.69 Å². The lowest BCUT2D eigenvalue weighted by atomic mass is 10.2. The van der Waals surface area contributed by atoms with E-state index >= 15 is 0 Å². The van der Waals surface area contributed by atoms with E-state index in [1.807, 2.05) is 59.2 Å². The molecule has 7 heteroatoms. The van der Waals surface area contributed by atoms with E-state index in [2.05, 4.69) is 15.7 Å². The first-order valence-electron chi connectivity index (χ1n) is 9.46. The van der Waals surface area contributed by atoms with E-state index in [0.29, 0.717) is 36.6 Å². The first-order valence-corrected chi connectivity index (χ1v) is 9.46. The number of carbonyl (C=O) groups excluding carboxylic acids is 2. The molecule has 2 aromatic carbocycles. The van der Waals surface area contributed by atoms with Gasteiger partial charge in [0.1, 0.15) is 5.69 Å². The molecule has 0 radical (unpaired) electrons. The van der Waals surface area contributed by atoms with Crippen molar-refractivity contribution in [2.24, 2.45) is 0 Å². The van der Waals surface area contributed by atoms with Gasteiger partial charge in [0, 0.05) is 30.4 Å². The molecule has 0 saturated carbocycles. The second-order valence-electron chi connectivity index (χ2n) is 7.08. The zero-order valence-electron chi connectivity index (χ0n) is 15.6. The van der Waals surface area contributed by atoms with Crippen LogP contribution in [0.1, 0.15) is 26.4 Å². The summed E-state index contributed by atoms with van der Waals surface area (Å²) in [5, 5.41) is 11.0. The van der Waals surface area contributed by atoms with Gasteiger partial charge < -0.3 is 15.2 Å². The highest BCUT2D eigenvalue weighted by Gasteiger charge is 2.19. The first kappa shape index (κ1) is 17.2. The molecule has 144 valence electrons. The highest BCUT2D eigenvalue weighted by atomic mass is 16.2. The van der Waals surface area contributed by atoms with Crippen molar-refractivity contribution < 1.29 is 9.59 Å². The minimum Gasteiger partial charge on any atom is -0.349 e. The summed E-state index contributed by atoms with van der Waals surface area (Å²) in [4.78, 5) is 24.7. The van der Waals surface area contributed by atoms with Crippen LogP contribution in [0.3, 0.4) is 0 Å². The summed E-state index contributed by atoms with van der Waals surface area (Å²) in [5.41, 5.74) is 3.89. The molecule has 29 heavy (non-hydrogen) atoms. The summed E-state index contributed by atoms with van der Waals surface area (Å²) < 4.78 is 3.73. The number of nitrogens with one attached hydrogen (secondary N) is 2. The van der Waals surface area contributed by atoms with Crippen LogP contribution in [0.15, 0.2) is 67.0 Å². The molecule has 1 aliphatic heterocycles. The number of hydrogen-bond acceptors (Lipinski definition) is 3. The molecule has 0 spiro atoms. The maximum atomic E-state index is 12.7. The lowest BCUT2D eigenvalue weighted by molar-refractivity contribution is 0.0928. The van der Waals surface area contributed by atoms with Gasteiger partial charge >= 0.3 is 0 Å². The molecule has 2 amide bonds. The topological polar surface area (TPSA) is 81.0 Å². The normalized spacial score (nSPS) is 13.2. The quantitative estimate of drug-likeness (QED) is 0.567. The molecule has 7 nitrogen and oxygen atoms in total. The Kier molecular flexibility index (Phi) is 4.13. The molecule has 5 rings (SSSR count). The second kappa shape index (κ2) is 6.94. The molecule has 2 aromatic heterocycles. The average Bonchev–Trinajstić information content (AvgIpc) is 3.34. The van der Waals surface area contributed by atoms with Crippen LogP contribution in [0, 0.1) is 0 Å². The second-order valence-corrected chi connectivity index (χ2v) is 7.08. The zero-order chi connectivity index (χ0) is 19.8. The van der Waals surface area contributed by atoms with Crippen LogP contribution in [0.5, 0.6) is 0 Å². The fourth-order valence-corrected chi connectivity index (χ4v) is 3.67. The van der Waals surface area contributed by atoms with Crippen molar-refractivity contribution in [3.63, 3.8) is 0 Å². The van der Waals surface area contributed by atoms with Crippen molar-refractivity contribution in [2.75, 3.05) is 11.9 Å². The van der Waals surface area contributed by atoms with Gasteiger partial charge in [-0.1, -0.05) is 36.4 Å². The lowest BCUT2D eigenvalue weighted by Crippen LogP contribution is -2.34.